The van der Waals surface area contributed by atoms with Gasteiger partial charge in [-0.25, -0.2) is 0 Å². The summed E-state index contributed by atoms with van der Waals surface area (Å²) in [4.78, 5) is 39.8. The number of nitrogens with one attached hydrogen (secondary N) is 2. The summed E-state index contributed by atoms with van der Waals surface area (Å²) in [5.74, 6) is -2.05. The molecule has 24 heavy (non-hydrogen) atoms. The van der Waals surface area contributed by atoms with Crippen LogP contribution >= 0.6 is 0 Å². The molecule has 2 N–H and O–H groups in total. The summed E-state index contributed by atoms with van der Waals surface area (Å²) in [5, 5.41) is 6.11. The number of anilines is 1. The van der Waals surface area contributed by atoms with Crippen LogP contribution in [0.5, 0.6) is 0 Å². The quantitative estimate of drug-likeness (QED) is 0.767. The first-order chi connectivity index (χ1) is 11.5. The Balaban J connectivity index is 1.82. The van der Waals surface area contributed by atoms with Crippen molar-refractivity contribution in [2.24, 2.45) is 11.8 Å². The summed E-state index contributed by atoms with van der Waals surface area (Å²) in [6.07, 6.45) is 0. The molecule has 4 atom stereocenters. The molecule has 3 amide bonds. The number of fused-ring (bicyclic) bond motifs is 4. The Kier molecular flexibility index (Phi) is 3.26. The average Bonchev–Trinajstić information content (AvgIpc) is 3.12. The van der Waals surface area contributed by atoms with Crippen molar-refractivity contribution in [3.05, 3.63) is 29.8 Å². The van der Waals surface area contributed by atoms with Crippen LogP contribution in [0.15, 0.2) is 24.3 Å². The van der Waals surface area contributed by atoms with Gasteiger partial charge in [-0.3, -0.25) is 24.6 Å². The van der Waals surface area contributed by atoms with E-state index in [-0.39, 0.29) is 36.9 Å². The number of hydrogen-bond donors (Lipinski definition) is 2. The molecule has 3 heterocycles. The lowest BCUT2D eigenvalue weighted by Crippen LogP contribution is -2.53. The molecule has 0 aromatic heterocycles. The predicted octanol–water partition coefficient (Wildman–Crippen LogP) is 0.0733. The van der Waals surface area contributed by atoms with Crippen molar-refractivity contribution < 1.29 is 19.1 Å². The van der Waals surface area contributed by atoms with E-state index >= 15 is 0 Å². The van der Waals surface area contributed by atoms with Gasteiger partial charge in [-0.1, -0.05) is 18.2 Å². The van der Waals surface area contributed by atoms with E-state index < -0.39 is 17.4 Å². The number of carbonyl (C=O) groups excluding carboxylic acids is 3. The van der Waals surface area contributed by atoms with Crippen LogP contribution in [0.2, 0.25) is 0 Å². The molecular formula is C17H19N3O4. The molecular weight excluding hydrogens is 310 g/mol. The third-order valence-corrected chi connectivity index (χ3v) is 5.38. The van der Waals surface area contributed by atoms with Crippen molar-refractivity contribution in [2.75, 3.05) is 25.6 Å². The van der Waals surface area contributed by atoms with Crippen LogP contribution in [0.1, 0.15) is 12.5 Å². The lowest BCUT2D eigenvalue weighted by molar-refractivity contribution is -0.143. The number of imide groups is 1. The minimum Gasteiger partial charge on any atom is -0.383 e. The Bertz CT molecular complexity index is 749. The number of amides is 3. The molecule has 3 aliphatic rings. The van der Waals surface area contributed by atoms with Gasteiger partial charge in [0.1, 0.15) is 5.54 Å². The van der Waals surface area contributed by atoms with Crippen LogP contribution in [0.25, 0.3) is 0 Å². The second-order valence-electron chi connectivity index (χ2n) is 6.57. The van der Waals surface area contributed by atoms with Gasteiger partial charge in [0.15, 0.2) is 0 Å². The molecule has 2 saturated heterocycles. The van der Waals surface area contributed by atoms with Gasteiger partial charge in [0.2, 0.25) is 17.7 Å². The number of rotatable bonds is 3. The molecule has 1 aromatic rings. The third-order valence-electron chi connectivity index (χ3n) is 5.38. The molecule has 4 rings (SSSR count). The Morgan fingerprint density at radius 2 is 1.96 bits per heavy atom. The van der Waals surface area contributed by atoms with E-state index in [1.54, 1.807) is 0 Å². The number of nitrogens with zero attached hydrogens (tertiary/aromatic N) is 1. The largest absolute Gasteiger partial charge is 0.383 e. The smallest absolute Gasteiger partial charge is 0.250 e. The van der Waals surface area contributed by atoms with Crippen molar-refractivity contribution in [3.63, 3.8) is 0 Å². The first-order valence-electron chi connectivity index (χ1n) is 8.05. The number of methoxy groups -OCH3 is 1. The van der Waals surface area contributed by atoms with Crippen molar-refractivity contribution in [3.8, 4) is 0 Å². The van der Waals surface area contributed by atoms with E-state index in [1.165, 1.54) is 12.0 Å². The molecule has 0 saturated carbocycles. The van der Waals surface area contributed by atoms with E-state index in [2.05, 4.69) is 10.6 Å². The zero-order chi connectivity index (χ0) is 17.1. The number of hydrogen-bond acceptors (Lipinski definition) is 5. The normalized spacial score (nSPS) is 34.0. The van der Waals surface area contributed by atoms with Gasteiger partial charge in [-0.2, -0.15) is 0 Å². The first kappa shape index (κ1) is 15.3. The molecule has 0 aliphatic carbocycles. The Labute approximate surface area is 139 Å². The van der Waals surface area contributed by atoms with Gasteiger partial charge >= 0.3 is 0 Å². The first-order valence-corrected chi connectivity index (χ1v) is 8.05. The summed E-state index contributed by atoms with van der Waals surface area (Å²) in [6.45, 7) is 2.35. The molecule has 1 spiro atoms. The Hall–Kier alpha value is -2.25. The number of para-hydroxylation sites is 1. The van der Waals surface area contributed by atoms with Crippen LogP contribution < -0.4 is 10.6 Å². The van der Waals surface area contributed by atoms with Crippen molar-refractivity contribution in [2.45, 2.75) is 18.5 Å². The van der Waals surface area contributed by atoms with E-state index in [0.717, 1.165) is 5.56 Å². The standard InChI is InChI=1S/C17H19N3O4/c1-9-12-13(15(22)20(14(12)21)7-8-24-2)17(19-9)10-5-3-4-6-11(10)18-16(17)23/h3-6,9,12-13,19H,7-8H2,1-2H3,(H,18,23)/t9-,12+,13-,17-/m0/s1. The highest BCUT2D eigenvalue weighted by atomic mass is 16.5. The molecule has 1 aromatic carbocycles. The second-order valence-corrected chi connectivity index (χ2v) is 6.57. The molecule has 126 valence electrons. The van der Waals surface area contributed by atoms with Gasteiger partial charge in [0, 0.05) is 24.4 Å². The highest BCUT2D eigenvalue weighted by molar-refractivity contribution is 6.15. The number of ether oxygens (including phenoxy) is 1. The molecule has 0 unspecified atom stereocenters. The van der Waals surface area contributed by atoms with E-state index in [1.807, 2.05) is 31.2 Å². The Morgan fingerprint density at radius 1 is 1.21 bits per heavy atom. The van der Waals surface area contributed by atoms with Gasteiger partial charge < -0.3 is 10.1 Å². The van der Waals surface area contributed by atoms with Crippen LogP contribution in [0.3, 0.4) is 0 Å². The molecule has 0 bridgehead atoms. The fraction of sp³-hybridized carbons (Fsp3) is 0.471. The van der Waals surface area contributed by atoms with Crippen LogP contribution in [-0.2, 0) is 24.7 Å². The fourth-order valence-corrected chi connectivity index (χ4v) is 4.38. The summed E-state index contributed by atoms with van der Waals surface area (Å²) in [7, 11) is 1.53. The third kappa shape index (κ3) is 1.71. The predicted molar refractivity (Wildman–Crippen MR) is 84.9 cm³/mol. The topological polar surface area (TPSA) is 87.7 Å². The maximum absolute atomic E-state index is 13.0. The van der Waals surface area contributed by atoms with Gasteiger partial charge in [-0.05, 0) is 13.0 Å². The van der Waals surface area contributed by atoms with Crippen LogP contribution in [0.4, 0.5) is 5.69 Å². The average molecular weight is 329 g/mol. The van der Waals surface area contributed by atoms with Crippen molar-refractivity contribution in [1.82, 2.24) is 10.2 Å². The van der Waals surface area contributed by atoms with Gasteiger partial charge in [-0.15, -0.1) is 0 Å². The van der Waals surface area contributed by atoms with Gasteiger partial charge in [0.25, 0.3) is 0 Å². The SMILES string of the molecule is COCCN1C(=O)[C@@H]2[C@H](C)N[C@]3(C(=O)Nc4ccccc43)[C@@H]2C1=O. The lowest BCUT2D eigenvalue weighted by Gasteiger charge is -2.29. The summed E-state index contributed by atoms with van der Waals surface area (Å²) in [5.41, 5.74) is 0.262. The van der Waals surface area contributed by atoms with Gasteiger partial charge in [0.05, 0.1) is 25.0 Å². The lowest BCUT2D eigenvalue weighted by atomic mass is 9.76. The molecule has 7 nitrogen and oxygen atoms in total. The maximum atomic E-state index is 13.0. The highest BCUT2D eigenvalue weighted by Crippen LogP contribution is 2.52. The monoisotopic (exact) mass is 329 g/mol. The zero-order valence-electron chi connectivity index (χ0n) is 13.5. The Morgan fingerprint density at radius 3 is 2.71 bits per heavy atom. The number of likely N-dealkylation sites (tertiary alicyclic amines) is 1. The molecule has 2 fully saturated rings. The fourth-order valence-electron chi connectivity index (χ4n) is 4.38. The van der Waals surface area contributed by atoms with E-state index in [9.17, 15) is 14.4 Å². The van der Waals surface area contributed by atoms with Crippen molar-refractivity contribution in [1.29, 1.82) is 0 Å². The zero-order valence-corrected chi connectivity index (χ0v) is 13.5. The van der Waals surface area contributed by atoms with Crippen LogP contribution in [0, 0.1) is 11.8 Å². The minimum atomic E-state index is -1.17. The summed E-state index contributed by atoms with van der Waals surface area (Å²) < 4.78 is 5.00. The molecule has 0 radical (unpaired) electrons. The second kappa shape index (κ2) is 5.12. The van der Waals surface area contributed by atoms with E-state index in [4.69, 9.17) is 4.74 Å². The highest BCUT2D eigenvalue weighted by Gasteiger charge is 2.69. The molecule has 7 heteroatoms. The van der Waals surface area contributed by atoms with E-state index in [0.29, 0.717) is 5.69 Å². The maximum Gasteiger partial charge on any atom is 0.250 e. The molecule has 3 aliphatic heterocycles. The number of carbonyl (C=O) groups is 3. The summed E-state index contributed by atoms with van der Waals surface area (Å²) in [6, 6.07) is 7.05. The summed E-state index contributed by atoms with van der Waals surface area (Å²) >= 11 is 0. The van der Waals surface area contributed by atoms with Crippen molar-refractivity contribution >= 4 is 23.4 Å². The number of benzene rings is 1. The van der Waals surface area contributed by atoms with Crippen LogP contribution in [-0.4, -0.2) is 48.9 Å². The minimum absolute atomic E-state index is 0.216.